The van der Waals surface area contributed by atoms with E-state index in [1.807, 2.05) is 0 Å². The van der Waals surface area contributed by atoms with Gasteiger partial charge in [-0.2, -0.15) is 8.42 Å². The second-order valence-corrected chi connectivity index (χ2v) is 3.87. The van der Waals surface area contributed by atoms with E-state index < -0.39 is 26.5 Å². The lowest BCUT2D eigenvalue weighted by Crippen LogP contribution is -1.99. The van der Waals surface area contributed by atoms with Gasteiger partial charge in [-0.25, -0.2) is 0 Å². The van der Waals surface area contributed by atoms with Crippen molar-refractivity contribution >= 4 is 21.5 Å². The van der Waals surface area contributed by atoms with E-state index in [0.29, 0.717) is 6.07 Å². The predicted octanol–water partition coefficient (Wildman–Crippen LogP) is 0.619. The number of hydrogen-bond acceptors (Lipinski definition) is 6. The summed E-state index contributed by atoms with van der Waals surface area (Å²) < 4.78 is 29.9. The van der Waals surface area contributed by atoms with E-state index in [-0.39, 0.29) is 5.69 Å². The molecule has 0 aliphatic heterocycles. The number of nitrogens with zero attached hydrogens (tertiary/aromatic N) is 1. The average Bonchev–Trinajstić information content (AvgIpc) is 2.07. The van der Waals surface area contributed by atoms with Gasteiger partial charge in [-0.3, -0.25) is 4.55 Å². The molecule has 14 heavy (non-hydrogen) atoms. The van der Waals surface area contributed by atoms with E-state index >= 15 is 0 Å². The van der Waals surface area contributed by atoms with Gasteiger partial charge in [0.1, 0.15) is 0 Å². The van der Waals surface area contributed by atoms with Crippen molar-refractivity contribution in [3.63, 3.8) is 0 Å². The molecule has 0 radical (unpaired) electrons. The number of nitrogens with two attached hydrogens (primary N) is 1. The Balaban J connectivity index is 3.53. The average molecular weight is 218 g/mol. The van der Waals surface area contributed by atoms with Crippen molar-refractivity contribution in [2.24, 2.45) is 5.18 Å². The number of nitrogen functional groups attached to an aromatic ring is 1. The van der Waals surface area contributed by atoms with Crippen molar-refractivity contribution < 1.29 is 18.1 Å². The Bertz CT molecular complexity index is 481. The van der Waals surface area contributed by atoms with Crippen LogP contribution in [-0.4, -0.2) is 18.1 Å². The van der Waals surface area contributed by atoms with Gasteiger partial charge in [-0.1, -0.05) is 0 Å². The van der Waals surface area contributed by atoms with Crippen molar-refractivity contribution in [3.8, 4) is 5.75 Å². The maximum atomic E-state index is 10.6. The molecular formula is C6H6N2O5S. The van der Waals surface area contributed by atoms with Crippen molar-refractivity contribution in [3.05, 3.63) is 17.0 Å². The number of anilines is 1. The van der Waals surface area contributed by atoms with Gasteiger partial charge in [0, 0.05) is 0 Å². The Morgan fingerprint density at radius 3 is 2.36 bits per heavy atom. The maximum absolute atomic E-state index is 10.6. The summed E-state index contributed by atoms with van der Waals surface area (Å²) in [6, 6.07) is 1.54. The monoisotopic (exact) mass is 218 g/mol. The molecule has 0 spiro atoms. The summed E-state index contributed by atoms with van der Waals surface area (Å²) in [5.74, 6) is -0.618. The van der Waals surface area contributed by atoms with Gasteiger partial charge >= 0.3 is 0 Å². The van der Waals surface area contributed by atoms with E-state index in [2.05, 4.69) is 5.18 Å². The van der Waals surface area contributed by atoms with Crippen LogP contribution < -0.4 is 5.73 Å². The standard InChI is InChI=1S/C6H6N2O5S/c7-4-1-3(14(11,12)13)2-5(8-10)6(4)9/h1-2,9H,7H2,(H,11,12,13). The maximum Gasteiger partial charge on any atom is 0.294 e. The Labute approximate surface area is 78.9 Å². The van der Waals surface area contributed by atoms with Gasteiger partial charge in [0.05, 0.1) is 10.6 Å². The molecule has 0 saturated heterocycles. The number of phenols is 1. The van der Waals surface area contributed by atoms with Crippen LogP contribution in [0.1, 0.15) is 0 Å². The highest BCUT2D eigenvalue weighted by atomic mass is 32.2. The summed E-state index contributed by atoms with van der Waals surface area (Å²) >= 11 is 0. The molecule has 0 unspecified atom stereocenters. The molecule has 0 bridgehead atoms. The summed E-state index contributed by atoms with van der Waals surface area (Å²) in [5, 5.41) is 11.4. The number of nitroso groups, excluding NO2 is 1. The Morgan fingerprint density at radius 2 is 1.93 bits per heavy atom. The van der Waals surface area contributed by atoms with Crippen molar-refractivity contribution in [2.75, 3.05) is 5.73 Å². The Kier molecular flexibility index (Phi) is 2.41. The fourth-order valence-corrected chi connectivity index (χ4v) is 1.37. The third-order valence-electron chi connectivity index (χ3n) is 1.49. The first-order valence-corrected chi connectivity index (χ1v) is 4.73. The van der Waals surface area contributed by atoms with Crippen LogP contribution >= 0.6 is 0 Å². The first-order chi connectivity index (χ1) is 6.36. The third kappa shape index (κ3) is 1.80. The first kappa shape index (κ1) is 10.4. The molecule has 0 aliphatic carbocycles. The van der Waals surface area contributed by atoms with E-state index in [0.717, 1.165) is 6.07 Å². The molecule has 0 aliphatic rings. The molecule has 0 amide bonds. The van der Waals surface area contributed by atoms with Crippen LogP contribution in [0, 0.1) is 4.91 Å². The molecule has 0 fully saturated rings. The minimum atomic E-state index is -4.46. The zero-order valence-electron chi connectivity index (χ0n) is 6.71. The lowest BCUT2D eigenvalue weighted by molar-refractivity contribution is 0.476. The molecule has 0 heterocycles. The highest BCUT2D eigenvalue weighted by Gasteiger charge is 2.15. The molecule has 0 aromatic heterocycles. The zero-order chi connectivity index (χ0) is 10.9. The number of benzene rings is 1. The predicted molar refractivity (Wildman–Crippen MR) is 47.8 cm³/mol. The lowest BCUT2D eigenvalue weighted by atomic mass is 10.2. The zero-order valence-corrected chi connectivity index (χ0v) is 7.52. The van der Waals surface area contributed by atoms with Crippen molar-refractivity contribution in [1.29, 1.82) is 0 Å². The van der Waals surface area contributed by atoms with Crippen LogP contribution in [0.25, 0.3) is 0 Å². The van der Waals surface area contributed by atoms with Crippen LogP contribution in [0.4, 0.5) is 11.4 Å². The normalized spacial score (nSPS) is 11.2. The fourth-order valence-electron chi connectivity index (χ4n) is 0.833. The number of phenolic OH excluding ortho intramolecular Hbond substituents is 1. The highest BCUT2D eigenvalue weighted by Crippen LogP contribution is 2.34. The minimum Gasteiger partial charge on any atom is -0.504 e. The van der Waals surface area contributed by atoms with Crippen LogP contribution in [0.5, 0.6) is 5.75 Å². The van der Waals surface area contributed by atoms with Crippen LogP contribution in [0.15, 0.2) is 22.2 Å². The molecule has 0 saturated carbocycles. The van der Waals surface area contributed by atoms with Gasteiger partial charge in [0.15, 0.2) is 11.4 Å². The molecule has 4 N–H and O–H groups in total. The lowest BCUT2D eigenvalue weighted by Gasteiger charge is -2.03. The SMILES string of the molecule is Nc1cc(S(=O)(=O)O)cc(N=O)c1O. The van der Waals surface area contributed by atoms with Crippen LogP contribution in [0.2, 0.25) is 0 Å². The molecule has 1 aromatic rings. The molecule has 1 rings (SSSR count). The Hall–Kier alpha value is -1.67. The second kappa shape index (κ2) is 3.24. The Morgan fingerprint density at radius 1 is 1.36 bits per heavy atom. The smallest absolute Gasteiger partial charge is 0.294 e. The largest absolute Gasteiger partial charge is 0.504 e. The van der Waals surface area contributed by atoms with E-state index in [1.165, 1.54) is 0 Å². The number of rotatable bonds is 2. The van der Waals surface area contributed by atoms with E-state index in [4.69, 9.17) is 15.4 Å². The molecule has 76 valence electrons. The molecule has 7 nitrogen and oxygen atoms in total. The summed E-state index contributed by atoms with van der Waals surface area (Å²) in [6.45, 7) is 0. The molecule has 1 aromatic carbocycles. The summed E-state index contributed by atoms with van der Waals surface area (Å²) in [4.78, 5) is 9.52. The van der Waals surface area contributed by atoms with Crippen LogP contribution in [0.3, 0.4) is 0 Å². The second-order valence-electron chi connectivity index (χ2n) is 2.45. The molecule has 0 atom stereocenters. The van der Waals surface area contributed by atoms with Crippen molar-refractivity contribution in [2.45, 2.75) is 4.90 Å². The van der Waals surface area contributed by atoms with Gasteiger partial charge in [-0.15, -0.1) is 4.91 Å². The van der Waals surface area contributed by atoms with Gasteiger partial charge in [0.25, 0.3) is 10.1 Å². The number of aromatic hydroxyl groups is 1. The highest BCUT2D eigenvalue weighted by molar-refractivity contribution is 7.85. The number of hydrogen-bond donors (Lipinski definition) is 3. The quantitative estimate of drug-likeness (QED) is 0.288. The summed E-state index contributed by atoms with van der Waals surface area (Å²) in [6.07, 6.45) is 0. The van der Waals surface area contributed by atoms with Gasteiger partial charge in [0.2, 0.25) is 0 Å². The van der Waals surface area contributed by atoms with Crippen LogP contribution in [-0.2, 0) is 10.1 Å². The summed E-state index contributed by atoms with van der Waals surface area (Å²) in [7, 11) is -4.46. The van der Waals surface area contributed by atoms with Gasteiger partial charge in [-0.05, 0) is 17.3 Å². The third-order valence-corrected chi connectivity index (χ3v) is 2.32. The fraction of sp³-hybridized carbons (Fsp3) is 0. The van der Waals surface area contributed by atoms with Gasteiger partial charge < -0.3 is 10.8 Å². The topological polar surface area (TPSA) is 130 Å². The molecule has 8 heteroatoms. The minimum absolute atomic E-state index is 0.352. The van der Waals surface area contributed by atoms with Crippen molar-refractivity contribution in [1.82, 2.24) is 0 Å². The summed E-state index contributed by atoms with van der Waals surface area (Å²) in [5.41, 5.74) is 4.27. The first-order valence-electron chi connectivity index (χ1n) is 3.29. The van der Waals surface area contributed by atoms with E-state index in [9.17, 15) is 13.3 Å². The molecular weight excluding hydrogens is 212 g/mol. The van der Waals surface area contributed by atoms with E-state index in [1.54, 1.807) is 0 Å².